The minimum atomic E-state index is 0.0719. The molecule has 1 amide bonds. The fourth-order valence-corrected chi connectivity index (χ4v) is 1.74. The Morgan fingerprint density at radius 2 is 2.33 bits per heavy atom. The van der Waals surface area contributed by atoms with Crippen molar-refractivity contribution in [2.75, 3.05) is 24.5 Å². The van der Waals surface area contributed by atoms with Gasteiger partial charge in [-0.25, -0.2) is 9.97 Å². The first kappa shape index (κ1) is 10.2. The van der Waals surface area contributed by atoms with E-state index < -0.39 is 0 Å². The second-order valence-electron chi connectivity index (χ2n) is 3.28. The van der Waals surface area contributed by atoms with Crippen molar-refractivity contribution >= 4 is 23.3 Å². The number of amides is 1. The zero-order chi connectivity index (χ0) is 10.7. The molecule has 0 radical (unpaired) electrons. The zero-order valence-electron chi connectivity index (χ0n) is 8.11. The van der Waals surface area contributed by atoms with Crippen LogP contribution in [0, 0.1) is 0 Å². The van der Waals surface area contributed by atoms with Crippen LogP contribution >= 0.6 is 11.6 Å². The molecule has 0 atom stereocenters. The van der Waals surface area contributed by atoms with Crippen LogP contribution in [-0.2, 0) is 4.79 Å². The van der Waals surface area contributed by atoms with Crippen LogP contribution < -0.4 is 10.2 Å². The van der Waals surface area contributed by atoms with Gasteiger partial charge in [0.15, 0.2) is 5.82 Å². The lowest BCUT2D eigenvalue weighted by molar-refractivity contribution is -0.120. The molecule has 1 fully saturated rings. The van der Waals surface area contributed by atoms with Crippen LogP contribution in [0.5, 0.6) is 0 Å². The summed E-state index contributed by atoms with van der Waals surface area (Å²) in [5.41, 5.74) is 0. The third-order valence-corrected chi connectivity index (χ3v) is 2.53. The molecule has 1 aliphatic heterocycles. The number of carbonyl (C=O) groups is 1. The molecule has 0 unspecified atom stereocenters. The highest BCUT2D eigenvalue weighted by Crippen LogP contribution is 2.21. The molecule has 5 nitrogen and oxygen atoms in total. The predicted octanol–water partition coefficient (Wildman–Crippen LogP) is 0.456. The maximum Gasteiger partial charge on any atom is 0.221 e. The van der Waals surface area contributed by atoms with Crippen molar-refractivity contribution in [2.24, 2.45) is 0 Å². The summed E-state index contributed by atoms with van der Waals surface area (Å²) in [6.45, 7) is 1.99. The summed E-state index contributed by atoms with van der Waals surface area (Å²) in [6.07, 6.45) is 3.49. The first-order valence-electron chi connectivity index (χ1n) is 4.74. The second kappa shape index (κ2) is 4.44. The SMILES string of the molecule is O=C1CCN(c2ncncc2Cl)CCN1. The van der Waals surface area contributed by atoms with Gasteiger partial charge in [0, 0.05) is 26.1 Å². The van der Waals surface area contributed by atoms with Crippen LogP contribution in [0.3, 0.4) is 0 Å². The largest absolute Gasteiger partial charge is 0.354 e. The van der Waals surface area contributed by atoms with Crippen molar-refractivity contribution < 1.29 is 4.79 Å². The van der Waals surface area contributed by atoms with E-state index in [2.05, 4.69) is 15.3 Å². The van der Waals surface area contributed by atoms with Gasteiger partial charge in [-0.3, -0.25) is 4.79 Å². The Bertz CT molecular complexity index is 371. The molecule has 1 N–H and O–H groups in total. The lowest BCUT2D eigenvalue weighted by Crippen LogP contribution is -2.29. The Labute approximate surface area is 92.5 Å². The third-order valence-electron chi connectivity index (χ3n) is 2.26. The molecule has 1 aromatic heterocycles. The zero-order valence-corrected chi connectivity index (χ0v) is 8.87. The highest BCUT2D eigenvalue weighted by molar-refractivity contribution is 6.32. The van der Waals surface area contributed by atoms with Gasteiger partial charge in [0.1, 0.15) is 11.3 Å². The van der Waals surface area contributed by atoms with Crippen molar-refractivity contribution in [3.05, 3.63) is 17.5 Å². The normalized spacial score (nSPS) is 17.1. The van der Waals surface area contributed by atoms with Crippen LogP contribution in [0.1, 0.15) is 6.42 Å². The monoisotopic (exact) mass is 226 g/mol. The smallest absolute Gasteiger partial charge is 0.221 e. The second-order valence-corrected chi connectivity index (χ2v) is 3.69. The molecular formula is C9H11ClN4O. The maximum absolute atomic E-state index is 11.1. The first-order chi connectivity index (χ1) is 7.27. The molecule has 1 aromatic rings. The van der Waals surface area contributed by atoms with E-state index in [0.29, 0.717) is 30.4 Å². The van der Waals surface area contributed by atoms with Crippen molar-refractivity contribution in [1.82, 2.24) is 15.3 Å². The fraction of sp³-hybridized carbons (Fsp3) is 0.444. The van der Waals surface area contributed by atoms with Gasteiger partial charge in [0.05, 0.1) is 6.20 Å². The lowest BCUT2D eigenvalue weighted by atomic mass is 10.4. The molecule has 0 bridgehead atoms. The number of rotatable bonds is 1. The Morgan fingerprint density at radius 3 is 3.13 bits per heavy atom. The number of aromatic nitrogens is 2. The molecule has 0 spiro atoms. The molecule has 0 aromatic carbocycles. The van der Waals surface area contributed by atoms with Gasteiger partial charge in [-0.05, 0) is 0 Å². The summed E-state index contributed by atoms with van der Waals surface area (Å²) in [5, 5.41) is 3.32. The summed E-state index contributed by atoms with van der Waals surface area (Å²) >= 11 is 5.98. The van der Waals surface area contributed by atoms with E-state index in [9.17, 15) is 4.79 Å². The topological polar surface area (TPSA) is 58.1 Å². The van der Waals surface area contributed by atoms with E-state index in [4.69, 9.17) is 11.6 Å². The van der Waals surface area contributed by atoms with Crippen molar-refractivity contribution in [1.29, 1.82) is 0 Å². The molecule has 6 heteroatoms. The van der Waals surface area contributed by atoms with E-state index in [1.807, 2.05) is 4.90 Å². The van der Waals surface area contributed by atoms with Crippen LogP contribution in [0.2, 0.25) is 5.02 Å². The number of anilines is 1. The van der Waals surface area contributed by atoms with Crippen LogP contribution in [-0.4, -0.2) is 35.5 Å². The Morgan fingerprint density at radius 1 is 1.47 bits per heavy atom. The molecule has 1 saturated heterocycles. The average Bonchev–Trinajstić information content (AvgIpc) is 2.44. The van der Waals surface area contributed by atoms with E-state index >= 15 is 0 Å². The Hall–Kier alpha value is -1.36. The summed E-state index contributed by atoms with van der Waals surface area (Å²) in [4.78, 5) is 21.1. The number of nitrogens with one attached hydrogen (secondary N) is 1. The molecule has 1 aliphatic rings. The quantitative estimate of drug-likeness (QED) is 0.756. The standard InChI is InChI=1S/C9H11ClN4O/c10-7-5-11-6-13-9(7)14-3-1-8(15)12-2-4-14/h5-6H,1-4H2,(H,12,15). The molecule has 0 saturated carbocycles. The van der Waals surface area contributed by atoms with Gasteiger partial charge in [0.25, 0.3) is 0 Å². The van der Waals surface area contributed by atoms with Crippen LogP contribution in [0.15, 0.2) is 12.5 Å². The molecule has 15 heavy (non-hydrogen) atoms. The van der Waals surface area contributed by atoms with Crippen molar-refractivity contribution in [3.63, 3.8) is 0 Å². The molecule has 2 heterocycles. The Kier molecular flexibility index (Phi) is 3.01. The minimum Gasteiger partial charge on any atom is -0.354 e. The van der Waals surface area contributed by atoms with Gasteiger partial charge in [0.2, 0.25) is 5.91 Å². The van der Waals surface area contributed by atoms with Crippen molar-refractivity contribution in [3.8, 4) is 0 Å². The number of halogens is 1. The summed E-state index contributed by atoms with van der Waals surface area (Å²) in [6, 6.07) is 0. The highest BCUT2D eigenvalue weighted by atomic mass is 35.5. The maximum atomic E-state index is 11.1. The fourth-order valence-electron chi connectivity index (χ4n) is 1.52. The van der Waals surface area contributed by atoms with Gasteiger partial charge >= 0.3 is 0 Å². The highest BCUT2D eigenvalue weighted by Gasteiger charge is 2.16. The number of carbonyl (C=O) groups excluding carboxylic acids is 1. The average molecular weight is 227 g/mol. The van der Waals surface area contributed by atoms with Crippen molar-refractivity contribution in [2.45, 2.75) is 6.42 Å². The number of nitrogens with zero attached hydrogens (tertiary/aromatic N) is 3. The third kappa shape index (κ3) is 2.36. The number of hydrogen-bond donors (Lipinski definition) is 1. The molecule has 80 valence electrons. The van der Waals surface area contributed by atoms with Gasteiger partial charge in [-0.15, -0.1) is 0 Å². The van der Waals surface area contributed by atoms with Crippen LogP contribution in [0.4, 0.5) is 5.82 Å². The predicted molar refractivity (Wildman–Crippen MR) is 56.9 cm³/mol. The molecular weight excluding hydrogens is 216 g/mol. The van der Waals surface area contributed by atoms with Gasteiger partial charge < -0.3 is 10.2 Å². The molecule has 2 rings (SSSR count). The first-order valence-corrected chi connectivity index (χ1v) is 5.12. The minimum absolute atomic E-state index is 0.0719. The van der Waals surface area contributed by atoms with Crippen LogP contribution in [0.25, 0.3) is 0 Å². The van der Waals surface area contributed by atoms with E-state index in [1.165, 1.54) is 6.33 Å². The van der Waals surface area contributed by atoms with Gasteiger partial charge in [-0.1, -0.05) is 11.6 Å². The van der Waals surface area contributed by atoms with E-state index in [1.54, 1.807) is 6.20 Å². The molecule has 0 aliphatic carbocycles. The summed E-state index contributed by atoms with van der Waals surface area (Å²) in [5.74, 6) is 0.769. The lowest BCUT2D eigenvalue weighted by Gasteiger charge is -2.20. The summed E-state index contributed by atoms with van der Waals surface area (Å²) < 4.78 is 0. The Balaban J connectivity index is 2.16. The van der Waals surface area contributed by atoms with E-state index in [0.717, 1.165) is 6.54 Å². The number of hydrogen-bond acceptors (Lipinski definition) is 4. The summed E-state index contributed by atoms with van der Waals surface area (Å²) in [7, 11) is 0. The van der Waals surface area contributed by atoms with Gasteiger partial charge in [-0.2, -0.15) is 0 Å². The van der Waals surface area contributed by atoms with E-state index in [-0.39, 0.29) is 5.91 Å².